The van der Waals surface area contributed by atoms with Gasteiger partial charge in [0, 0.05) is 42.9 Å². The van der Waals surface area contributed by atoms with Crippen molar-refractivity contribution in [1.82, 2.24) is 20.0 Å². The van der Waals surface area contributed by atoms with Crippen LogP contribution in [0.2, 0.25) is 5.02 Å². The Kier molecular flexibility index (Phi) is 8.20. The summed E-state index contributed by atoms with van der Waals surface area (Å²) < 4.78 is 0. The molecule has 4 rings (SSSR count). The molecular weight excluding hydrogens is 454 g/mol. The van der Waals surface area contributed by atoms with Crippen molar-refractivity contribution in [1.29, 1.82) is 0 Å². The molecule has 2 N–H and O–H groups in total. The molecular formula is C25H32ClN5OS. The summed E-state index contributed by atoms with van der Waals surface area (Å²) in [5, 5.41) is 7.48. The van der Waals surface area contributed by atoms with Crippen molar-refractivity contribution in [2.24, 2.45) is 0 Å². The quantitative estimate of drug-likeness (QED) is 0.631. The lowest BCUT2D eigenvalue weighted by Crippen LogP contribution is -2.55. The van der Waals surface area contributed by atoms with Crippen LogP contribution in [0.5, 0.6) is 0 Å². The fraction of sp³-hybridized carbons (Fsp3) is 0.440. The first kappa shape index (κ1) is 24.0. The molecule has 1 atom stereocenters. The van der Waals surface area contributed by atoms with E-state index in [-0.39, 0.29) is 5.91 Å². The van der Waals surface area contributed by atoms with Crippen molar-refractivity contribution < 1.29 is 4.79 Å². The van der Waals surface area contributed by atoms with Gasteiger partial charge in [0.15, 0.2) is 5.11 Å². The van der Waals surface area contributed by atoms with E-state index in [9.17, 15) is 4.79 Å². The Morgan fingerprint density at radius 1 is 0.970 bits per heavy atom. The maximum absolute atomic E-state index is 13.6. The average molecular weight is 486 g/mol. The number of carbonyl (C=O) groups excluding carboxylic acids is 1. The van der Waals surface area contributed by atoms with Gasteiger partial charge in [-0.05, 0) is 75.0 Å². The number of nitrogens with zero attached hydrogens (tertiary/aromatic N) is 3. The number of likely N-dealkylation sites (tertiary alicyclic amines) is 1. The van der Waals surface area contributed by atoms with Crippen molar-refractivity contribution in [3.63, 3.8) is 0 Å². The van der Waals surface area contributed by atoms with Crippen LogP contribution in [0, 0.1) is 0 Å². The summed E-state index contributed by atoms with van der Waals surface area (Å²) in [5.41, 5.74) is 1.73. The number of hydrogen-bond acceptors (Lipinski definition) is 4. The van der Waals surface area contributed by atoms with Gasteiger partial charge in [0.2, 0.25) is 5.91 Å². The van der Waals surface area contributed by atoms with Gasteiger partial charge in [-0.15, -0.1) is 0 Å². The van der Waals surface area contributed by atoms with E-state index in [2.05, 4.69) is 27.5 Å². The normalized spacial score (nSPS) is 19.2. The number of carbonyl (C=O) groups is 1. The Morgan fingerprint density at radius 2 is 1.61 bits per heavy atom. The molecule has 2 aliphatic rings. The van der Waals surface area contributed by atoms with Gasteiger partial charge < -0.3 is 20.4 Å². The highest BCUT2D eigenvalue weighted by Gasteiger charge is 2.32. The number of benzene rings is 2. The molecule has 0 saturated carbocycles. The molecule has 0 bridgehead atoms. The van der Waals surface area contributed by atoms with Crippen molar-refractivity contribution in [3.05, 3.63) is 65.2 Å². The molecule has 2 aromatic rings. The first-order valence-corrected chi connectivity index (χ1v) is 12.4. The molecule has 0 aromatic heterocycles. The second-order valence-corrected chi connectivity index (χ2v) is 9.69. The molecule has 1 unspecified atom stereocenters. The van der Waals surface area contributed by atoms with Crippen molar-refractivity contribution in [2.45, 2.75) is 24.9 Å². The first-order chi connectivity index (χ1) is 16.0. The van der Waals surface area contributed by atoms with Crippen LogP contribution in [-0.4, -0.2) is 78.1 Å². The molecule has 0 radical (unpaired) electrons. The minimum atomic E-state index is -0.534. The maximum Gasteiger partial charge on any atom is 0.249 e. The maximum atomic E-state index is 13.6. The average Bonchev–Trinajstić information content (AvgIpc) is 2.85. The van der Waals surface area contributed by atoms with Crippen LogP contribution in [0.4, 0.5) is 5.69 Å². The van der Waals surface area contributed by atoms with Crippen LogP contribution in [0.25, 0.3) is 0 Å². The number of thiocarbonyl (C=S) groups is 1. The number of amides is 1. The summed E-state index contributed by atoms with van der Waals surface area (Å²) in [6, 6.07) is 17.2. The van der Waals surface area contributed by atoms with Gasteiger partial charge in [-0.1, -0.05) is 41.9 Å². The third-order valence-corrected chi connectivity index (χ3v) is 7.06. The van der Waals surface area contributed by atoms with Crippen molar-refractivity contribution >= 4 is 40.5 Å². The van der Waals surface area contributed by atoms with Crippen LogP contribution in [0.15, 0.2) is 54.6 Å². The molecule has 2 heterocycles. The van der Waals surface area contributed by atoms with Gasteiger partial charge in [-0.25, -0.2) is 0 Å². The van der Waals surface area contributed by atoms with Crippen LogP contribution >= 0.6 is 23.8 Å². The first-order valence-electron chi connectivity index (χ1n) is 11.6. The van der Waals surface area contributed by atoms with Crippen LogP contribution in [-0.2, 0) is 4.79 Å². The summed E-state index contributed by atoms with van der Waals surface area (Å²) in [6.45, 7) is 5.65. The molecule has 1 amide bonds. The number of piperidine rings is 1. The fourth-order valence-corrected chi connectivity index (χ4v) is 4.98. The van der Waals surface area contributed by atoms with Crippen LogP contribution in [0.1, 0.15) is 24.4 Å². The molecule has 0 aliphatic carbocycles. The predicted molar refractivity (Wildman–Crippen MR) is 139 cm³/mol. The van der Waals surface area contributed by atoms with Gasteiger partial charge in [0.1, 0.15) is 6.04 Å². The lowest BCUT2D eigenvalue weighted by atomic mass is 10.0. The zero-order valence-electron chi connectivity index (χ0n) is 19.0. The van der Waals surface area contributed by atoms with Gasteiger partial charge in [-0.2, -0.15) is 0 Å². The molecule has 8 heteroatoms. The number of halogens is 1. The highest BCUT2D eigenvalue weighted by molar-refractivity contribution is 7.80. The topological polar surface area (TPSA) is 50.9 Å². The second kappa shape index (κ2) is 11.3. The summed E-state index contributed by atoms with van der Waals surface area (Å²) >= 11 is 11.5. The van der Waals surface area contributed by atoms with Gasteiger partial charge in [0.25, 0.3) is 0 Å². The van der Waals surface area contributed by atoms with Gasteiger partial charge in [-0.3, -0.25) is 9.69 Å². The molecule has 6 nitrogen and oxygen atoms in total. The second-order valence-electron chi connectivity index (χ2n) is 8.84. The van der Waals surface area contributed by atoms with E-state index in [1.165, 1.54) is 12.8 Å². The number of rotatable bonds is 5. The highest BCUT2D eigenvalue weighted by atomic mass is 35.5. The highest BCUT2D eigenvalue weighted by Crippen LogP contribution is 2.21. The molecule has 2 saturated heterocycles. The van der Waals surface area contributed by atoms with Crippen LogP contribution in [0.3, 0.4) is 0 Å². The van der Waals surface area contributed by atoms with E-state index in [4.69, 9.17) is 23.8 Å². The van der Waals surface area contributed by atoms with Crippen LogP contribution < -0.4 is 10.6 Å². The lowest BCUT2D eigenvalue weighted by molar-refractivity contribution is -0.135. The molecule has 2 aliphatic heterocycles. The van der Waals surface area contributed by atoms with E-state index in [1.54, 1.807) is 12.1 Å². The third-order valence-electron chi connectivity index (χ3n) is 6.59. The fourth-order valence-electron chi connectivity index (χ4n) is 4.61. The van der Waals surface area contributed by atoms with E-state index < -0.39 is 6.04 Å². The zero-order chi connectivity index (χ0) is 23.2. The Labute approximate surface area is 206 Å². The van der Waals surface area contributed by atoms with E-state index in [0.29, 0.717) is 16.2 Å². The third kappa shape index (κ3) is 6.44. The summed E-state index contributed by atoms with van der Waals surface area (Å²) in [7, 11) is 2.19. The summed E-state index contributed by atoms with van der Waals surface area (Å²) in [5.74, 6) is 0.0597. The van der Waals surface area contributed by atoms with Crippen molar-refractivity contribution in [2.75, 3.05) is 51.6 Å². The van der Waals surface area contributed by atoms with E-state index >= 15 is 0 Å². The summed E-state index contributed by atoms with van der Waals surface area (Å²) in [6.07, 6.45) is 2.42. The molecule has 2 fully saturated rings. The predicted octanol–water partition coefficient (Wildman–Crippen LogP) is 3.61. The number of nitrogens with one attached hydrogen (secondary N) is 2. The molecule has 2 aromatic carbocycles. The zero-order valence-corrected chi connectivity index (χ0v) is 20.6. The monoisotopic (exact) mass is 485 g/mol. The Balaban J connectivity index is 1.39. The smallest absolute Gasteiger partial charge is 0.249 e. The largest absolute Gasteiger partial charge is 0.347 e. The standard InChI is InChI=1S/C25H32ClN5OS/c1-29-13-11-22(12-14-29)30-15-17-31(18-16-30)24(32)23(19-5-3-2-4-6-19)28-25(33)27-21-9-7-20(26)8-10-21/h2-10,22-23H,11-18H2,1H3,(H2,27,28,33). The molecule has 0 spiro atoms. The SMILES string of the molecule is CN1CCC(N2CCN(C(=O)C(NC(=S)Nc3ccc(Cl)cc3)c3ccccc3)CC2)CC1. The summed E-state index contributed by atoms with van der Waals surface area (Å²) in [4.78, 5) is 20.5. The number of piperazine rings is 1. The van der Waals surface area contributed by atoms with Gasteiger partial charge in [0.05, 0.1) is 0 Å². The minimum absolute atomic E-state index is 0.0597. The Bertz CT molecular complexity index is 926. The Morgan fingerprint density at radius 3 is 2.24 bits per heavy atom. The lowest BCUT2D eigenvalue weighted by Gasteiger charge is -2.42. The van der Waals surface area contributed by atoms with E-state index in [1.807, 2.05) is 47.4 Å². The Hall–Kier alpha value is -2.19. The number of hydrogen-bond donors (Lipinski definition) is 2. The van der Waals surface area contributed by atoms with E-state index in [0.717, 1.165) is 50.5 Å². The molecule has 33 heavy (non-hydrogen) atoms. The van der Waals surface area contributed by atoms with Crippen molar-refractivity contribution in [3.8, 4) is 0 Å². The molecule has 176 valence electrons. The minimum Gasteiger partial charge on any atom is -0.347 e. The number of anilines is 1. The van der Waals surface area contributed by atoms with Gasteiger partial charge >= 0.3 is 0 Å².